The number of aliphatic hydroxyl groups is 1. The largest absolute Gasteiger partial charge is 0.461 e. The number of likely N-dealkylation sites (tertiary alicyclic amines) is 1. The van der Waals surface area contributed by atoms with E-state index in [2.05, 4.69) is 29.1 Å². The summed E-state index contributed by atoms with van der Waals surface area (Å²) in [5, 5.41) is 10.5. The average Bonchev–Trinajstić information content (AvgIpc) is 3.44. The molecule has 7 atom stereocenters. The highest BCUT2D eigenvalue weighted by Gasteiger charge is 2.77. The highest BCUT2D eigenvalue weighted by Crippen LogP contribution is 2.60. The number of ether oxygens (including phenoxy) is 2. The predicted octanol–water partition coefficient (Wildman–Crippen LogP) is 2.72. The molecule has 10 heteroatoms. The molecule has 3 heterocycles. The molecule has 3 fully saturated rings. The zero-order chi connectivity index (χ0) is 25.5. The molecule has 2 amide bonds. The number of amides is 2. The minimum absolute atomic E-state index is 0.00567. The summed E-state index contributed by atoms with van der Waals surface area (Å²) >= 11 is 9.65. The first-order chi connectivity index (χ1) is 16.7. The van der Waals surface area contributed by atoms with Crippen molar-refractivity contribution in [1.82, 2.24) is 4.90 Å². The van der Waals surface area contributed by atoms with Crippen LogP contribution in [0.4, 0.5) is 5.69 Å². The van der Waals surface area contributed by atoms with Gasteiger partial charge in [-0.25, -0.2) is 0 Å². The summed E-state index contributed by atoms with van der Waals surface area (Å²) in [6.07, 6.45) is 2.78. The molecular weight excluding hydrogens is 540 g/mol. The van der Waals surface area contributed by atoms with E-state index < -0.39 is 47.5 Å². The molecule has 1 N–H and O–H groups in total. The van der Waals surface area contributed by atoms with Crippen molar-refractivity contribution in [3.63, 3.8) is 0 Å². The van der Waals surface area contributed by atoms with Gasteiger partial charge >= 0.3 is 5.97 Å². The zero-order valence-corrected chi connectivity index (χ0v) is 21.7. The van der Waals surface area contributed by atoms with Crippen LogP contribution in [-0.4, -0.2) is 76.2 Å². The van der Waals surface area contributed by atoms with Gasteiger partial charge < -0.3 is 24.4 Å². The molecule has 3 saturated heterocycles. The number of benzene rings is 1. The lowest BCUT2D eigenvalue weighted by Crippen LogP contribution is -2.58. The second kappa shape index (κ2) is 10.0. The van der Waals surface area contributed by atoms with Crippen LogP contribution < -0.4 is 4.90 Å². The number of hydrogen-bond acceptors (Lipinski definition) is 6. The van der Waals surface area contributed by atoms with Gasteiger partial charge in [0.2, 0.25) is 5.91 Å². The van der Waals surface area contributed by atoms with Crippen molar-refractivity contribution in [2.45, 2.75) is 42.0 Å². The number of alkyl halides is 1. The Bertz CT molecular complexity index is 1040. The summed E-state index contributed by atoms with van der Waals surface area (Å²) < 4.78 is 11.7. The molecule has 188 valence electrons. The van der Waals surface area contributed by atoms with Gasteiger partial charge in [0.1, 0.15) is 18.2 Å². The van der Waals surface area contributed by atoms with Crippen molar-refractivity contribution in [1.29, 1.82) is 0 Å². The van der Waals surface area contributed by atoms with E-state index in [1.54, 1.807) is 37.3 Å². The first kappa shape index (κ1) is 25.9. The zero-order valence-electron chi connectivity index (χ0n) is 19.3. The summed E-state index contributed by atoms with van der Waals surface area (Å²) in [7, 11) is 0. The first-order valence-electron chi connectivity index (χ1n) is 11.4. The minimum Gasteiger partial charge on any atom is -0.461 e. The van der Waals surface area contributed by atoms with Crippen molar-refractivity contribution in [2.24, 2.45) is 11.8 Å². The maximum atomic E-state index is 14.2. The van der Waals surface area contributed by atoms with E-state index in [1.165, 1.54) is 15.9 Å². The predicted molar refractivity (Wildman–Crippen MR) is 134 cm³/mol. The number of carbonyl (C=O) groups is 3. The molecule has 0 saturated carbocycles. The summed E-state index contributed by atoms with van der Waals surface area (Å²) in [5.41, 5.74) is -0.673. The first-order valence-corrected chi connectivity index (χ1v) is 12.7. The molecular formula is C25H28BrClN2O6. The number of nitrogens with zero attached hydrogens (tertiary/aromatic N) is 2. The van der Waals surface area contributed by atoms with Crippen LogP contribution in [0.3, 0.4) is 0 Å². The fourth-order valence-electron chi connectivity index (χ4n) is 5.64. The van der Waals surface area contributed by atoms with Crippen LogP contribution in [-0.2, 0) is 23.9 Å². The summed E-state index contributed by atoms with van der Waals surface area (Å²) in [4.78, 5) is 43.7. The van der Waals surface area contributed by atoms with E-state index in [0.717, 1.165) is 0 Å². The molecule has 3 unspecified atom stereocenters. The second-order valence-corrected chi connectivity index (χ2v) is 10.7. The van der Waals surface area contributed by atoms with Gasteiger partial charge in [0.25, 0.3) is 5.91 Å². The van der Waals surface area contributed by atoms with E-state index in [0.29, 0.717) is 17.1 Å². The van der Waals surface area contributed by atoms with Gasteiger partial charge in [-0.05, 0) is 37.6 Å². The number of esters is 1. The molecule has 0 aliphatic carbocycles. The second-order valence-electron chi connectivity index (χ2n) is 9.07. The molecule has 3 aliphatic rings. The van der Waals surface area contributed by atoms with Crippen LogP contribution in [0.25, 0.3) is 0 Å². The van der Waals surface area contributed by atoms with Gasteiger partial charge in [-0.1, -0.05) is 46.3 Å². The van der Waals surface area contributed by atoms with Crippen molar-refractivity contribution in [2.75, 3.05) is 24.7 Å². The maximum absolute atomic E-state index is 14.2. The van der Waals surface area contributed by atoms with Crippen molar-refractivity contribution in [3.05, 3.63) is 54.6 Å². The van der Waals surface area contributed by atoms with Gasteiger partial charge in [0, 0.05) is 22.1 Å². The average molecular weight is 568 g/mol. The van der Waals surface area contributed by atoms with Crippen LogP contribution in [0.15, 0.2) is 49.6 Å². The third kappa shape index (κ3) is 4.12. The van der Waals surface area contributed by atoms with Crippen LogP contribution in [0.5, 0.6) is 0 Å². The van der Waals surface area contributed by atoms with Crippen molar-refractivity contribution >= 4 is 51.0 Å². The Morgan fingerprint density at radius 3 is 2.66 bits per heavy atom. The van der Waals surface area contributed by atoms with Gasteiger partial charge in [0.05, 0.1) is 30.6 Å². The smallest absolute Gasteiger partial charge is 0.312 e. The molecule has 0 aromatic heterocycles. The number of aliphatic hydroxyl groups excluding tert-OH is 1. The van der Waals surface area contributed by atoms with Crippen LogP contribution in [0.2, 0.25) is 5.02 Å². The van der Waals surface area contributed by atoms with E-state index in [9.17, 15) is 19.5 Å². The molecule has 1 aromatic rings. The number of fused-ring (bicyclic) bond motifs is 1. The maximum Gasteiger partial charge on any atom is 0.312 e. The highest BCUT2D eigenvalue weighted by molar-refractivity contribution is 9.09. The van der Waals surface area contributed by atoms with Crippen LogP contribution >= 0.6 is 27.5 Å². The number of carbonyl (C=O) groups excluding carboxylic acids is 3. The number of anilines is 1. The van der Waals surface area contributed by atoms with Gasteiger partial charge in [-0.2, -0.15) is 0 Å². The molecule has 1 spiro atoms. The SMILES string of the molecule is C=CCOC(=O)[C@H]1[C@H]2C(=O)N([C@H](C)CO)C(C(=O)N(CC=C)c3ccc(Cl)cc3)C23CC(Br)[C@@H]1O3. The fraction of sp³-hybridized carbons (Fsp3) is 0.480. The molecule has 35 heavy (non-hydrogen) atoms. The van der Waals surface area contributed by atoms with Gasteiger partial charge in [0.15, 0.2) is 0 Å². The summed E-state index contributed by atoms with van der Waals surface area (Å²) in [6, 6.07) is 5.05. The molecule has 2 bridgehead atoms. The van der Waals surface area contributed by atoms with Crippen LogP contribution in [0, 0.1) is 11.8 Å². The molecule has 4 rings (SSSR count). The Morgan fingerprint density at radius 1 is 1.37 bits per heavy atom. The van der Waals surface area contributed by atoms with Crippen LogP contribution in [0.1, 0.15) is 13.3 Å². The number of halogens is 2. The monoisotopic (exact) mass is 566 g/mol. The molecule has 0 radical (unpaired) electrons. The fourth-order valence-corrected chi connectivity index (χ4v) is 6.70. The Balaban J connectivity index is 1.80. The quantitative estimate of drug-likeness (QED) is 0.280. The van der Waals surface area contributed by atoms with Gasteiger partial charge in [-0.3, -0.25) is 14.4 Å². The number of rotatable bonds is 9. The van der Waals surface area contributed by atoms with E-state index in [4.69, 9.17) is 21.1 Å². The summed E-state index contributed by atoms with van der Waals surface area (Å²) in [5.74, 6) is -3.14. The lowest BCUT2D eigenvalue weighted by Gasteiger charge is -2.38. The van der Waals surface area contributed by atoms with Gasteiger partial charge in [-0.15, -0.1) is 6.58 Å². The lowest BCUT2D eigenvalue weighted by atomic mass is 9.70. The third-order valence-electron chi connectivity index (χ3n) is 7.03. The Hall–Kier alpha value is -2.20. The molecule has 3 aliphatic heterocycles. The Morgan fingerprint density at radius 2 is 2.06 bits per heavy atom. The topological polar surface area (TPSA) is 96.4 Å². The van der Waals surface area contributed by atoms with Crippen molar-refractivity contribution < 1.29 is 29.0 Å². The van der Waals surface area contributed by atoms with E-state index >= 15 is 0 Å². The Kier molecular flexibility index (Phi) is 7.43. The molecule has 8 nitrogen and oxygen atoms in total. The standard InChI is InChI=1S/C25H28BrClN2O6/c1-4-10-28(16-8-6-15(27)7-9-16)23(32)21-25-12-17(26)20(35-25)18(24(33)34-11-5-2)19(25)22(31)29(21)14(3)13-30/h4-9,14,17-21,30H,1-2,10-13H2,3H3/t14-,17?,18+,19+,20+,21?,25?/m1/s1. The van der Waals surface area contributed by atoms with E-state index in [-0.39, 0.29) is 30.5 Å². The van der Waals surface area contributed by atoms with Crippen molar-refractivity contribution in [3.8, 4) is 0 Å². The summed E-state index contributed by atoms with van der Waals surface area (Å²) in [6.45, 7) is 8.84. The molecule has 1 aromatic carbocycles. The number of hydrogen-bond donors (Lipinski definition) is 1. The third-order valence-corrected chi connectivity index (χ3v) is 8.13. The Labute approximate surface area is 217 Å². The van der Waals surface area contributed by atoms with E-state index in [1.807, 2.05) is 0 Å². The highest BCUT2D eigenvalue weighted by atomic mass is 79.9. The normalized spacial score (nSPS) is 31.7. The lowest BCUT2D eigenvalue weighted by molar-refractivity contribution is -0.154. The minimum atomic E-state index is -1.25.